The monoisotopic (exact) mass is 533 g/mol. The molecule has 37 heavy (non-hydrogen) atoms. The van der Waals surface area contributed by atoms with E-state index in [2.05, 4.69) is 35.0 Å². The number of aryl methyl sites for hydroxylation is 1. The van der Waals surface area contributed by atoms with Crippen molar-refractivity contribution in [3.63, 3.8) is 0 Å². The van der Waals surface area contributed by atoms with E-state index in [-0.39, 0.29) is 12.2 Å². The Morgan fingerprint density at radius 3 is 2.54 bits per heavy atom. The number of anilines is 1. The van der Waals surface area contributed by atoms with Crippen LogP contribution in [0.25, 0.3) is 6.08 Å². The molecule has 3 heterocycles. The van der Waals surface area contributed by atoms with Crippen molar-refractivity contribution in [2.45, 2.75) is 44.6 Å². The van der Waals surface area contributed by atoms with E-state index in [9.17, 15) is 9.59 Å². The molecule has 0 bridgehead atoms. The predicted octanol–water partition coefficient (Wildman–Crippen LogP) is 4.43. The quantitative estimate of drug-likeness (QED) is 0.347. The number of nitrogens with zero attached hydrogens (tertiary/aromatic N) is 3. The van der Waals surface area contributed by atoms with Crippen LogP contribution in [0.3, 0.4) is 0 Å². The molecule has 2 aromatic carbocycles. The number of rotatable bonds is 6. The van der Waals surface area contributed by atoms with Gasteiger partial charge >= 0.3 is 5.97 Å². The Balaban J connectivity index is 1.63. The number of ether oxygens (including phenoxy) is 1. The van der Waals surface area contributed by atoms with Crippen molar-refractivity contribution in [1.29, 1.82) is 0 Å². The third-order valence-corrected chi connectivity index (χ3v) is 8.69. The van der Waals surface area contributed by atoms with Crippen LogP contribution in [0.5, 0.6) is 0 Å². The van der Waals surface area contributed by atoms with Gasteiger partial charge in [0, 0.05) is 23.7 Å². The van der Waals surface area contributed by atoms with Gasteiger partial charge in [0.25, 0.3) is 5.56 Å². The fourth-order valence-corrected chi connectivity index (χ4v) is 6.47. The number of thiazole rings is 1. The van der Waals surface area contributed by atoms with E-state index in [1.165, 1.54) is 29.9 Å². The highest BCUT2D eigenvalue weighted by Crippen LogP contribution is 2.32. The Morgan fingerprint density at radius 2 is 1.89 bits per heavy atom. The van der Waals surface area contributed by atoms with Crippen LogP contribution in [0.15, 0.2) is 68.4 Å². The summed E-state index contributed by atoms with van der Waals surface area (Å²) in [7, 11) is 0. The largest absolute Gasteiger partial charge is 0.463 e. The Kier molecular flexibility index (Phi) is 7.40. The summed E-state index contributed by atoms with van der Waals surface area (Å²) in [5, 5.41) is 0. The number of esters is 1. The lowest BCUT2D eigenvalue weighted by atomic mass is 9.96. The van der Waals surface area contributed by atoms with Crippen LogP contribution in [0.4, 0.5) is 5.69 Å². The molecule has 2 aliphatic heterocycles. The number of hydrogen-bond donors (Lipinski definition) is 0. The average molecular weight is 534 g/mol. The molecular weight excluding hydrogens is 502 g/mol. The normalized spacial score (nSPS) is 17.7. The molecule has 0 aliphatic carbocycles. The first kappa shape index (κ1) is 25.5. The van der Waals surface area contributed by atoms with Gasteiger partial charge in [0.1, 0.15) is 0 Å². The van der Waals surface area contributed by atoms with Gasteiger partial charge in [0.05, 0.1) is 28.5 Å². The summed E-state index contributed by atoms with van der Waals surface area (Å²) in [6.45, 7) is 8.12. The first-order valence-electron chi connectivity index (χ1n) is 12.6. The van der Waals surface area contributed by atoms with E-state index < -0.39 is 12.0 Å². The molecule has 8 heteroatoms. The second-order valence-electron chi connectivity index (χ2n) is 9.31. The molecule has 0 radical (unpaired) electrons. The van der Waals surface area contributed by atoms with Crippen molar-refractivity contribution in [1.82, 2.24) is 4.57 Å². The zero-order valence-electron chi connectivity index (χ0n) is 21.6. The summed E-state index contributed by atoms with van der Waals surface area (Å²) < 4.78 is 7.64. The summed E-state index contributed by atoms with van der Waals surface area (Å²) >= 11 is 3.01. The van der Waals surface area contributed by atoms with Gasteiger partial charge in [0.2, 0.25) is 0 Å². The molecule has 1 fully saturated rings. The van der Waals surface area contributed by atoms with Crippen LogP contribution in [-0.2, 0) is 9.53 Å². The van der Waals surface area contributed by atoms with Crippen molar-refractivity contribution in [3.8, 4) is 0 Å². The Bertz CT molecular complexity index is 1540. The lowest BCUT2D eigenvalue weighted by molar-refractivity contribution is -0.139. The zero-order valence-corrected chi connectivity index (χ0v) is 23.2. The first-order valence-corrected chi connectivity index (χ1v) is 14.6. The van der Waals surface area contributed by atoms with Crippen LogP contribution in [0.1, 0.15) is 49.4 Å². The van der Waals surface area contributed by atoms with Gasteiger partial charge in [-0.15, -0.1) is 11.8 Å². The number of hydrogen-bond acceptors (Lipinski definition) is 7. The van der Waals surface area contributed by atoms with E-state index in [0.29, 0.717) is 20.6 Å². The SMILES string of the molecule is CCOC(=O)C1=C(C)N=c2s/c(=C/c3ccc(N4CCCC4)cc3C)c(=O)n2[C@@H]1c1ccc(SC)cc1. The second-order valence-corrected chi connectivity index (χ2v) is 11.2. The van der Waals surface area contributed by atoms with Crippen LogP contribution in [0.2, 0.25) is 0 Å². The highest BCUT2D eigenvalue weighted by atomic mass is 32.2. The molecule has 2 aliphatic rings. The topological polar surface area (TPSA) is 63.9 Å². The van der Waals surface area contributed by atoms with Crippen LogP contribution >= 0.6 is 23.1 Å². The minimum absolute atomic E-state index is 0.153. The third kappa shape index (κ3) is 4.92. The molecule has 3 aromatic rings. The molecule has 0 amide bonds. The van der Waals surface area contributed by atoms with Gasteiger partial charge in [-0.3, -0.25) is 9.36 Å². The van der Waals surface area contributed by atoms with Crippen LogP contribution in [0, 0.1) is 6.92 Å². The van der Waals surface area contributed by atoms with Gasteiger partial charge in [-0.2, -0.15) is 0 Å². The highest BCUT2D eigenvalue weighted by molar-refractivity contribution is 7.98. The third-order valence-electron chi connectivity index (χ3n) is 6.96. The Morgan fingerprint density at radius 1 is 1.16 bits per heavy atom. The maximum atomic E-state index is 13.8. The molecular formula is C29H31N3O3S2. The molecule has 1 saturated heterocycles. The summed E-state index contributed by atoms with van der Waals surface area (Å²) in [4.78, 5) is 35.7. The molecule has 0 saturated carbocycles. The molecule has 1 atom stereocenters. The van der Waals surface area contributed by atoms with E-state index in [4.69, 9.17) is 4.74 Å². The van der Waals surface area contributed by atoms with Crippen molar-refractivity contribution in [2.24, 2.45) is 4.99 Å². The predicted molar refractivity (Wildman–Crippen MR) is 151 cm³/mol. The van der Waals surface area contributed by atoms with Crippen molar-refractivity contribution >= 4 is 40.8 Å². The van der Waals surface area contributed by atoms with Gasteiger partial charge < -0.3 is 9.64 Å². The van der Waals surface area contributed by atoms with Gasteiger partial charge in [-0.05, 0) is 86.9 Å². The maximum Gasteiger partial charge on any atom is 0.338 e. The number of allylic oxidation sites excluding steroid dienone is 1. The summed E-state index contributed by atoms with van der Waals surface area (Å²) in [6.07, 6.45) is 6.43. The highest BCUT2D eigenvalue weighted by Gasteiger charge is 2.33. The fourth-order valence-electron chi connectivity index (χ4n) is 5.03. The number of benzene rings is 2. The number of thioether (sulfide) groups is 1. The molecule has 5 rings (SSSR count). The van der Waals surface area contributed by atoms with E-state index in [1.54, 1.807) is 23.3 Å². The van der Waals surface area contributed by atoms with Gasteiger partial charge in [-0.25, -0.2) is 9.79 Å². The van der Waals surface area contributed by atoms with Crippen molar-refractivity contribution < 1.29 is 9.53 Å². The Hall–Kier alpha value is -3.10. The standard InChI is InChI=1S/C29H31N3O3S2/c1-5-35-28(34)25-19(3)30-29-32(26(25)20-9-12-23(36-4)13-10-20)27(33)24(37-29)17-21-8-11-22(16-18(21)2)31-14-6-7-15-31/h8-13,16-17,26H,5-7,14-15H2,1-4H3/b24-17+/t26-/m1/s1. The lowest BCUT2D eigenvalue weighted by Gasteiger charge is -2.24. The molecule has 1 aromatic heterocycles. The number of carbonyl (C=O) groups excluding carboxylic acids is 1. The molecule has 192 valence electrons. The minimum atomic E-state index is -0.591. The molecule has 0 N–H and O–H groups in total. The number of aromatic nitrogens is 1. The zero-order chi connectivity index (χ0) is 26.1. The van der Waals surface area contributed by atoms with E-state index >= 15 is 0 Å². The van der Waals surface area contributed by atoms with Crippen molar-refractivity contribution in [2.75, 3.05) is 30.9 Å². The van der Waals surface area contributed by atoms with Crippen molar-refractivity contribution in [3.05, 3.63) is 90.1 Å². The number of fused-ring (bicyclic) bond motifs is 1. The van der Waals surface area contributed by atoms with Crippen LogP contribution < -0.4 is 19.8 Å². The summed E-state index contributed by atoms with van der Waals surface area (Å²) in [6, 6.07) is 13.8. The Labute approximate surface area is 225 Å². The molecule has 0 spiro atoms. The maximum absolute atomic E-state index is 13.8. The molecule has 0 unspecified atom stereocenters. The lowest BCUT2D eigenvalue weighted by Crippen LogP contribution is -2.39. The minimum Gasteiger partial charge on any atom is -0.463 e. The summed E-state index contributed by atoms with van der Waals surface area (Å²) in [5.74, 6) is -0.440. The molecule has 6 nitrogen and oxygen atoms in total. The number of carbonyl (C=O) groups is 1. The van der Waals surface area contributed by atoms with E-state index in [0.717, 1.165) is 34.7 Å². The summed E-state index contributed by atoms with van der Waals surface area (Å²) in [5.41, 5.74) is 5.06. The second kappa shape index (κ2) is 10.7. The fraction of sp³-hybridized carbons (Fsp3) is 0.345. The average Bonchev–Trinajstić information content (AvgIpc) is 3.53. The van der Waals surface area contributed by atoms with Gasteiger partial charge in [-0.1, -0.05) is 29.5 Å². The first-order chi connectivity index (χ1) is 17.9. The van der Waals surface area contributed by atoms with Crippen LogP contribution in [-0.4, -0.2) is 36.5 Å². The van der Waals surface area contributed by atoms with Gasteiger partial charge in [0.15, 0.2) is 4.80 Å². The van der Waals surface area contributed by atoms with E-state index in [1.807, 2.05) is 43.5 Å². The smallest absolute Gasteiger partial charge is 0.338 e.